The number of fused-ring (bicyclic) bond motifs is 5. The lowest BCUT2D eigenvalue weighted by atomic mass is 9.44. The highest BCUT2D eigenvalue weighted by Gasteiger charge is 2.60. The smallest absolute Gasteiger partial charge is 0.305 e. The zero-order chi connectivity index (χ0) is 22.4. The van der Waals surface area contributed by atoms with Crippen LogP contribution in [0.2, 0.25) is 0 Å². The number of methoxy groups -OCH3 is 1. The highest BCUT2D eigenvalue weighted by molar-refractivity contribution is 5.69. The van der Waals surface area contributed by atoms with Gasteiger partial charge >= 0.3 is 11.9 Å². The molecule has 4 aliphatic rings. The molecule has 4 heteroatoms. The topological polar surface area (TPSA) is 52.6 Å². The van der Waals surface area contributed by atoms with Crippen molar-refractivity contribution in [3.63, 3.8) is 0 Å². The van der Waals surface area contributed by atoms with E-state index in [0.29, 0.717) is 29.1 Å². The molecule has 0 radical (unpaired) electrons. The fourth-order valence-corrected chi connectivity index (χ4v) is 9.18. The molecule has 0 N–H and O–H groups in total. The fraction of sp³-hybridized carbons (Fsp3) is 0.926. The molecule has 4 rings (SSSR count). The lowest BCUT2D eigenvalue weighted by Gasteiger charge is -2.61. The second-order valence-corrected chi connectivity index (χ2v) is 12.0. The molecule has 176 valence electrons. The quantitative estimate of drug-likeness (QED) is 0.488. The average Bonchev–Trinajstić information content (AvgIpc) is 3.09. The van der Waals surface area contributed by atoms with E-state index in [9.17, 15) is 9.59 Å². The van der Waals surface area contributed by atoms with E-state index in [1.165, 1.54) is 52.1 Å². The van der Waals surface area contributed by atoms with Gasteiger partial charge in [0.2, 0.25) is 0 Å². The van der Waals surface area contributed by atoms with E-state index in [-0.39, 0.29) is 18.0 Å². The Kier molecular flexibility index (Phi) is 6.49. The van der Waals surface area contributed by atoms with Crippen molar-refractivity contribution in [2.45, 2.75) is 104 Å². The highest BCUT2D eigenvalue weighted by atomic mass is 16.5. The minimum absolute atomic E-state index is 0.0640. The van der Waals surface area contributed by atoms with Crippen LogP contribution in [0, 0.1) is 46.3 Å². The summed E-state index contributed by atoms with van der Waals surface area (Å²) in [4.78, 5) is 23.2. The number of rotatable bonds is 5. The molecule has 0 aromatic carbocycles. The van der Waals surface area contributed by atoms with Crippen LogP contribution in [0.3, 0.4) is 0 Å². The maximum Gasteiger partial charge on any atom is 0.305 e. The molecule has 4 saturated carbocycles. The van der Waals surface area contributed by atoms with Gasteiger partial charge in [0.15, 0.2) is 0 Å². The van der Waals surface area contributed by atoms with Crippen LogP contribution in [0.25, 0.3) is 0 Å². The van der Waals surface area contributed by atoms with Crippen LogP contribution in [-0.4, -0.2) is 25.2 Å². The monoisotopic (exact) mass is 432 g/mol. The second kappa shape index (κ2) is 8.71. The summed E-state index contributed by atoms with van der Waals surface area (Å²) in [5.74, 6) is 4.42. The van der Waals surface area contributed by atoms with Crippen molar-refractivity contribution < 1.29 is 19.1 Å². The minimum atomic E-state index is -0.117. The van der Waals surface area contributed by atoms with E-state index in [2.05, 4.69) is 20.8 Å². The highest BCUT2D eigenvalue weighted by Crippen LogP contribution is 2.68. The van der Waals surface area contributed by atoms with Gasteiger partial charge in [0.1, 0.15) is 6.10 Å². The molecule has 4 fully saturated rings. The third kappa shape index (κ3) is 4.06. The van der Waals surface area contributed by atoms with E-state index in [4.69, 9.17) is 9.47 Å². The summed E-state index contributed by atoms with van der Waals surface area (Å²) in [5.41, 5.74) is 0.865. The summed E-state index contributed by atoms with van der Waals surface area (Å²) in [5, 5.41) is 0. The van der Waals surface area contributed by atoms with Gasteiger partial charge in [0.25, 0.3) is 0 Å². The van der Waals surface area contributed by atoms with Gasteiger partial charge in [-0.25, -0.2) is 0 Å². The van der Waals surface area contributed by atoms with Crippen molar-refractivity contribution in [2.24, 2.45) is 46.3 Å². The Labute approximate surface area is 189 Å². The van der Waals surface area contributed by atoms with Crippen molar-refractivity contribution in [1.29, 1.82) is 0 Å². The van der Waals surface area contributed by atoms with E-state index < -0.39 is 0 Å². The Balaban J connectivity index is 1.45. The molecular formula is C27H44O4. The van der Waals surface area contributed by atoms with Crippen molar-refractivity contribution in [3.8, 4) is 0 Å². The molecule has 2 unspecified atom stereocenters. The third-order valence-electron chi connectivity index (χ3n) is 10.7. The predicted molar refractivity (Wildman–Crippen MR) is 121 cm³/mol. The van der Waals surface area contributed by atoms with Crippen molar-refractivity contribution in [1.82, 2.24) is 0 Å². The van der Waals surface area contributed by atoms with Crippen LogP contribution in [0.1, 0.15) is 98.3 Å². The Hall–Kier alpha value is -1.06. The normalized spacial score (nSPS) is 45.1. The Morgan fingerprint density at radius 3 is 2.39 bits per heavy atom. The SMILES string of the molecule is COC(=O)CC[C@@H](C)[C@H]1CC[C@H]2[C@@H]3CCC4CC(OC(C)=O)CC[C@]4(C)[C@H]3CC[C@]12C. The van der Waals surface area contributed by atoms with Gasteiger partial charge in [-0.05, 0) is 111 Å². The molecule has 0 saturated heterocycles. The zero-order valence-corrected chi connectivity index (χ0v) is 20.5. The van der Waals surface area contributed by atoms with E-state index in [1.54, 1.807) is 6.92 Å². The van der Waals surface area contributed by atoms with Crippen LogP contribution in [-0.2, 0) is 19.1 Å². The molecule has 0 bridgehead atoms. The standard InChI is InChI=1S/C27H44O4/c1-17(6-11-25(29)30-5)22-9-10-23-21-8-7-19-16-20(31-18(2)28)12-14-26(19,3)24(21)13-15-27(22,23)4/h17,19-24H,6-16H2,1-5H3/t17-,19?,20?,21+,22-,23+,24+,26+,27-/m1/s1. The summed E-state index contributed by atoms with van der Waals surface area (Å²) >= 11 is 0. The summed E-state index contributed by atoms with van der Waals surface area (Å²) in [6, 6.07) is 0. The molecule has 0 spiro atoms. The summed E-state index contributed by atoms with van der Waals surface area (Å²) in [6.07, 6.45) is 13.1. The molecule has 4 nitrogen and oxygen atoms in total. The van der Waals surface area contributed by atoms with Crippen LogP contribution in [0.5, 0.6) is 0 Å². The first-order valence-corrected chi connectivity index (χ1v) is 12.9. The van der Waals surface area contributed by atoms with Gasteiger partial charge < -0.3 is 9.47 Å². The maximum absolute atomic E-state index is 11.7. The van der Waals surface area contributed by atoms with Gasteiger partial charge in [-0.1, -0.05) is 20.8 Å². The Bertz CT molecular complexity index is 689. The number of hydrogen-bond acceptors (Lipinski definition) is 4. The lowest BCUT2D eigenvalue weighted by molar-refractivity contribution is -0.160. The van der Waals surface area contributed by atoms with Gasteiger partial charge in [0.05, 0.1) is 7.11 Å². The first-order valence-electron chi connectivity index (χ1n) is 12.9. The van der Waals surface area contributed by atoms with Crippen molar-refractivity contribution >= 4 is 11.9 Å². The summed E-state index contributed by atoms with van der Waals surface area (Å²) < 4.78 is 10.5. The second-order valence-electron chi connectivity index (χ2n) is 12.0. The number of esters is 2. The first-order chi connectivity index (χ1) is 14.7. The maximum atomic E-state index is 11.7. The molecule has 0 aliphatic heterocycles. The molecule has 0 amide bonds. The molecule has 0 heterocycles. The largest absolute Gasteiger partial charge is 0.469 e. The minimum Gasteiger partial charge on any atom is -0.469 e. The fourth-order valence-electron chi connectivity index (χ4n) is 9.18. The Morgan fingerprint density at radius 2 is 1.68 bits per heavy atom. The van der Waals surface area contributed by atoms with E-state index >= 15 is 0 Å². The van der Waals surface area contributed by atoms with Crippen molar-refractivity contribution in [2.75, 3.05) is 7.11 Å². The number of hydrogen-bond donors (Lipinski definition) is 0. The molecule has 0 aromatic heterocycles. The number of carbonyl (C=O) groups is 2. The van der Waals surface area contributed by atoms with E-state index in [1.807, 2.05) is 0 Å². The van der Waals surface area contributed by atoms with E-state index in [0.717, 1.165) is 42.9 Å². The summed E-state index contributed by atoms with van der Waals surface area (Å²) in [6.45, 7) is 9.09. The third-order valence-corrected chi connectivity index (χ3v) is 10.7. The molecule has 31 heavy (non-hydrogen) atoms. The zero-order valence-electron chi connectivity index (χ0n) is 20.5. The van der Waals surface area contributed by atoms with Gasteiger partial charge in [-0.2, -0.15) is 0 Å². The molecule has 9 atom stereocenters. The average molecular weight is 433 g/mol. The Morgan fingerprint density at radius 1 is 0.968 bits per heavy atom. The number of carbonyl (C=O) groups excluding carboxylic acids is 2. The lowest BCUT2D eigenvalue weighted by Crippen LogP contribution is -2.54. The first kappa shape index (κ1) is 23.1. The number of ether oxygens (including phenoxy) is 2. The van der Waals surface area contributed by atoms with Crippen LogP contribution < -0.4 is 0 Å². The summed E-state index contributed by atoms with van der Waals surface area (Å²) in [7, 11) is 1.50. The molecule has 4 aliphatic carbocycles. The van der Waals surface area contributed by atoms with Gasteiger partial charge in [-0.3, -0.25) is 9.59 Å². The van der Waals surface area contributed by atoms with Crippen LogP contribution in [0.15, 0.2) is 0 Å². The van der Waals surface area contributed by atoms with Gasteiger partial charge in [0, 0.05) is 13.3 Å². The van der Waals surface area contributed by atoms with Crippen molar-refractivity contribution in [3.05, 3.63) is 0 Å². The molecule has 0 aromatic rings. The van der Waals surface area contributed by atoms with Crippen LogP contribution in [0.4, 0.5) is 0 Å². The van der Waals surface area contributed by atoms with Gasteiger partial charge in [-0.15, -0.1) is 0 Å². The predicted octanol–water partition coefficient (Wildman–Crippen LogP) is 6.17. The molecular weight excluding hydrogens is 388 g/mol. The van der Waals surface area contributed by atoms with Crippen LogP contribution >= 0.6 is 0 Å².